The zero-order chi connectivity index (χ0) is 13.0. The van der Waals surface area contributed by atoms with Gasteiger partial charge in [-0.3, -0.25) is 0 Å². The van der Waals surface area contributed by atoms with E-state index in [-0.39, 0.29) is 0 Å². The van der Waals surface area contributed by atoms with Crippen LogP contribution in [-0.4, -0.2) is 31.7 Å². The number of rotatable bonds is 4. The van der Waals surface area contributed by atoms with E-state index >= 15 is 0 Å². The van der Waals surface area contributed by atoms with Crippen LogP contribution >= 0.6 is 15.9 Å². The quantitative estimate of drug-likeness (QED) is 0.926. The number of nitrogens with one attached hydrogen (secondary N) is 1. The second-order valence-electron chi connectivity index (χ2n) is 5.09. The van der Waals surface area contributed by atoms with Crippen LogP contribution in [0.5, 0.6) is 0 Å². The van der Waals surface area contributed by atoms with Gasteiger partial charge in [-0.15, -0.1) is 0 Å². The van der Waals surface area contributed by atoms with Gasteiger partial charge in [0.05, 0.1) is 4.47 Å². The number of nitrogens with zero attached hydrogens (tertiary/aromatic N) is 2. The summed E-state index contributed by atoms with van der Waals surface area (Å²) in [5.74, 6) is 1.99. The number of hydrogen-bond acceptors (Lipinski definition) is 3. The summed E-state index contributed by atoms with van der Waals surface area (Å²) in [6.07, 6.45) is 5.77. The van der Waals surface area contributed by atoms with Crippen molar-refractivity contribution < 1.29 is 0 Å². The van der Waals surface area contributed by atoms with Gasteiger partial charge >= 0.3 is 0 Å². The number of hydrogen-bond donors (Lipinski definition) is 1. The third-order valence-corrected chi connectivity index (χ3v) is 4.76. The lowest BCUT2D eigenvalue weighted by atomic mass is 9.93. The molecule has 0 aliphatic carbocycles. The van der Waals surface area contributed by atoms with Gasteiger partial charge in [0.25, 0.3) is 0 Å². The molecule has 1 aliphatic rings. The van der Waals surface area contributed by atoms with E-state index in [0.29, 0.717) is 0 Å². The van der Waals surface area contributed by atoms with Gasteiger partial charge in [0, 0.05) is 19.3 Å². The van der Waals surface area contributed by atoms with E-state index in [2.05, 4.69) is 38.1 Å². The Balaban J connectivity index is 1.95. The first-order valence-corrected chi connectivity index (χ1v) is 7.52. The summed E-state index contributed by atoms with van der Waals surface area (Å²) in [5, 5.41) is 3.24. The van der Waals surface area contributed by atoms with Gasteiger partial charge in [-0.1, -0.05) is 0 Å². The molecule has 2 heterocycles. The lowest BCUT2D eigenvalue weighted by Crippen LogP contribution is -2.35. The van der Waals surface area contributed by atoms with Crippen LogP contribution in [0, 0.1) is 12.8 Å². The topological polar surface area (TPSA) is 28.2 Å². The molecule has 1 saturated heterocycles. The highest BCUT2D eigenvalue weighted by Gasteiger charge is 2.21. The fraction of sp³-hybridized carbons (Fsp3) is 0.643. The number of pyridine rings is 1. The minimum Gasteiger partial charge on any atom is -0.356 e. The molecule has 0 atom stereocenters. The fourth-order valence-corrected chi connectivity index (χ4v) is 3.01. The average molecular weight is 312 g/mol. The molecule has 4 heteroatoms. The molecular weight excluding hydrogens is 290 g/mol. The van der Waals surface area contributed by atoms with Crippen molar-refractivity contribution in [3.05, 3.63) is 22.3 Å². The van der Waals surface area contributed by atoms with Crippen molar-refractivity contribution in [2.24, 2.45) is 5.92 Å². The summed E-state index contributed by atoms with van der Waals surface area (Å²) >= 11 is 3.66. The molecular formula is C14H22BrN3. The van der Waals surface area contributed by atoms with Crippen LogP contribution in [-0.2, 0) is 0 Å². The SMILES string of the molecule is CNCCC1CCN(c2nccc(C)c2Br)CC1. The molecule has 1 aromatic rings. The third-order valence-electron chi connectivity index (χ3n) is 3.78. The Morgan fingerprint density at radius 1 is 1.44 bits per heavy atom. The normalized spacial score (nSPS) is 17.2. The van der Waals surface area contributed by atoms with Gasteiger partial charge in [0.15, 0.2) is 0 Å². The third kappa shape index (κ3) is 3.23. The van der Waals surface area contributed by atoms with Crippen LogP contribution < -0.4 is 10.2 Å². The predicted molar refractivity (Wildman–Crippen MR) is 80.2 cm³/mol. The Morgan fingerprint density at radius 3 is 2.83 bits per heavy atom. The maximum atomic E-state index is 4.52. The number of anilines is 1. The van der Waals surface area contributed by atoms with E-state index in [1.807, 2.05) is 19.3 Å². The summed E-state index contributed by atoms with van der Waals surface area (Å²) in [6, 6.07) is 2.05. The number of piperidine rings is 1. The van der Waals surface area contributed by atoms with Crippen molar-refractivity contribution in [3.63, 3.8) is 0 Å². The standard InChI is InChI=1S/C14H22BrN3/c1-11-3-8-17-14(13(11)15)18-9-5-12(6-10-18)4-7-16-2/h3,8,12,16H,4-7,9-10H2,1-2H3. The maximum Gasteiger partial charge on any atom is 0.143 e. The molecule has 1 aliphatic heterocycles. The van der Waals surface area contributed by atoms with Crippen molar-refractivity contribution in [1.29, 1.82) is 0 Å². The highest BCUT2D eigenvalue weighted by atomic mass is 79.9. The van der Waals surface area contributed by atoms with Crippen LogP contribution in [0.25, 0.3) is 0 Å². The zero-order valence-corrected chi connectivity index (χ0v) is 12.8. The van der Waals surface area contributed by atoms with E-state index < -0.39 is 0 Å². The monoisotopic (exact) mass is 311 g/mol. The summed E-state index contributed by atoms with van der Waals surface area (Å²) < 4.78 is 1.15. The Hall–Kier alpha value is -0.610. The molecule has 1 N–H and O–H groups in total. The van der Waals surface area contributed by atoms with Gasteiger partial charge < -0.3 is 10.2 Å². The van der Waals surface area contributed by atoms with Crippen LogP contribution in [0.1, 0.15) is 24.8 Å². The van der Waals surface area contributed by atoms with E-state index in [4.69, 9.17) is 0 Å². The molecule has 0 bridgehead atoms. The van der Waals surface area contributed by atoms with Crippen LogP contribution in [0.4, 0.5) is 5.82 Å². The van der Waals surface area contributed by atoms with Crippen LogP contribution in [0.3, 0.4) is 0 Å². The van der Waals surface area contributed by atoms with Crippen molar-refractivity contribution >= 4 is 21.7 Å². The molecule has 0 spiro atoms. The number of halogens is 1. The molecule has 1 aromatic heterocycles. The van der Waals surface area contributed by atoms with E-state index in [1.165, 1.54) is 24.8 Å². The minimum absolute atomic E-state index is 0.872. The Morgan fingerprint density at radius 2 is 2.17 bits per heavy atom. The Kier molecular flexibility index (Phi) is 5.01. The molecule has 1 fully saturated rings. The summed E-state index contributed by atoms with van der Waals surface area (Å²) in [7, 11) is 2.03. The van der Waals surface area contributed by atoms with Crippen LogP contribution in [0.2, 0.25) is 0 Å². The Labute approximate surface area is 118 Å². The van der Waals surface area contributed by atoms with Crippen molar-refractivity contribution in [2.75, 3.05) is 31.6 Å². The second kappa shape index (κ2) is 6.53. The van der Waals surface area contributed by atoms with E-state index in [0.717, 1.165) is 35.8 Å². The van der Waals surface area contributed by atoms with Gasteiger partial charge in [0.1, 0.15) is 5.82 Å². The molecule has 0 amide bonds. The van der Waals surface area contributed by atoms with Crippen LogP contribution in [0.15, 0.2) is 16.7 Å². The molecule has 0 unspecified atom stereocenters. The molecule has 3 nitrogen and oxygen atoms in total. The van der Waals surface area contributed by atoms with Gasteiger partial charge in [-0.2, -0.15) is 0 Å². The lowest BCUT2D eigenvalue weighted by Gasteiger charge is -2.33. The summed E-state index contributed by atoms with van der Waals surface area (Å²) in [5.41, 5.74) is 1.26. The minimum atomic E-state index is 0.872. The summed E-state index contributed by atoms with van der Waals surface area (Å²) in [6.45, 7) is 5.51. The molecule has 0 aromatic carbocycles. The van der Waals surface area contributed by atoms with E-state index in [1.54, 1.807) is 0 Å². The van der Waals surface area contributed by atoms with Gasteiger partial charge in [-0.05, 0) is 73.3 Å². The maximum absolute atomic E-state index is 4.52. The first-order chi connectivity index (χ1) is 8.72. The molecule has 18 heavy (non-hydrogen) atoms. The van der Waals surface area contributed by atoms with Gasteiger partial charge in [-0.25, -0.2) is 4.98 Å². The highest BCUT2D eigenvalue weighted by Crippen LogP contribution is 2.30. The lowest BCUT2D eigenvalue weighted by molar-refractivity contribution is 0.377. The molecule has 0 radical (unpaired) electrons. The Bertz CT molecular complexity index is 387. The predicted octanol–water partition coefficient (Wildman–Crippen LogP) is 2.98. The van der Waals surface area contributed by atoms with Crippen molar-refractivity contribution in [1.82, 2.24) is 10.3 Å². The van der Waals surface area contributed by atoms with Gasteiger partial charge in [0.2, 0.25) is 0 Å². The fourth-order valence-electron chi connectivity index (χ4n) is 2.53. The molecule has 100 valence electrons. The van der Waals surface area contributed by atoms with E-state index in [9.17, 15) is 0 Å². The number of aryl methyl sites for hydroxylation is 1. The summed E-state index contributed by atoms with van der Waals surface area (Å²) in [4.78, 5) is 6.93. The number of aromatic nitrogens is 1. The second-order valence-corrected chi connectivity index (χ2v) is 5.88. The average Bonchev–Trinajstić information content (AvgIpc) is 2.40. The van der Waals surface area contributed by atoms with Crippen molar-refractivity contribution in [2.45, 2.75) is 26.2 Å². The first-order valence-electron chi connectivity index (χ1n) is 6.73. The van der Waals surface area contributed by atoms with Crippen molar-refractivity contribution in [3.8, 4) is 0 Å². The highest BCUT2D eigenvalue weighted by molar-refractivity contribution is 9.10. The molecule has 0 saturated carbocycles. The smallest absolute Gasteiger partial charge is 0.143 e. The first kappa shape index (κ1) is 13.8. The zero-order valence-electron chi connectivity index (χ0n) is 11.2. The largest absolute Gasteiger partial charge is 0.356 e. The molecule has 2 rings (SSSR count).